The van der Waals surface area contributed by atoms with Crippen molar-refractivity contribution >= 4 is 21.7 Å². The minimum absolute atomic E-state index is 0.0385. The van der Waals surface area contributed by atoms with E-state index in [4.69, 9.17) is 4.74 Å². The molecule has 0 aliphatic heterocycles. The highest BCUT2D eigenvalue weighted by atomic mass is 32.2. The van der Waals surface area contributed by atoms with Gasteiger partial charge in [-0.1, -0.05) is 19.8 Å². The van der Waals surface area contributed by atoms with Gasteiger partial charge in [0, 0.05) is 12.5 Å². The Morgan fingerprint density at radius 3 is 2.59 bits per heavy atom. The molecule has 1 N–H and O–H groups in total. The molecule has 2 rings (SSSR count). The number of esters is 1. The van der Waals surface area contributed by atoms with Crippen molar-refractivity contribution in [3.63, 3.8) is 0 Å². The zero-order chi connectivity index (χ0) is 20.0. The number of carbonyl (C=O) groups excluding carboxylic acids is 2. The molecule has 1 aromatic rings. The first-order valence-electron chi connectivity index (χ1n) is 9.38. The van der Waals surface area contributed by atoms with E-state index in [-0.39, 0.29) is 30.5 Å². The summed E-state index contributed by atoms with van der Waals surface area (Å²) in [5, 5.41) is 6.83. The third-order valence-corrected chi connectivity index (χ3v) is 5.91. The molecule has 9 heteroatoms. The smallest absolute Gasteiger partial charge is 0.328 e. The zero-order valence-corrected chi connectivity index (χ0v) is 17.0. The highest BCUT2D eigenvalue weighted by Gasteiger charge is 2.34. The monoisotopic (exact) mass is 399 g/mol. The fourth-order valence-electron chi connectivity index (χ4n) is 3.39. The third kappa shape index (κ3) is 6.34. The lowest BCUT2D eigenvalue weighted by Gasteiger charge is -2.31. The number of hydrogen-bond acceptors (Lipinski definition) is 6. The van der Waals surface area contributed by atoms with E-state index in [0.29, 0.717) is 5.92 Å². The minimum Gasteiger partial charge on any atom is -0.464 e. The van der Waals surface area contributed by atoms with Gasteiger partial charge in [0.2, 0.25) is 0 Å². The molecule has 0 saturated heterocycles. The molecule has 1 fully saturated rings. The van der Waals surface area contributed by atoms with Gasteiger partial charge < -0.3 is 10.1 Å². The van der Waals surface area contributed by atoms with Crippen molar-refractivity contribution in [3.05, 3.63) is 18.0 Å². The fourth-order valence-corrected chi connectivity index (χ4v) is 3.90. The van der Waals surface area contributed by atoms with Crippen LogP contribution < -0.4 is 5.32 Å². The maximum atomic E-state index is 12.7. The van der Waals surface area contributed by atoms with Gasteiger partial charge in [-0.05, 0) is 37.7 Å². The number of nitrogens with zero attached hydrogens (tertiary/aromatic N) is 2. The number of nitrogens with one attached hydrogen (secondary N) is 1. The molecule has 1 aromatic heterocycles. The van der Waals surface area contributed by atoms with Gasteiger partial charge in [-0.3, -0.25) is 9.48 Å². The number of aryl methyl sites for hydroxylation is 1. The first-order valence-corrected chi connectivity index (χ1v) is 11.4. The molecule has 0 aromatic carbocycles. The van der Waals surface area contributed by atoms with E-state index >= 15 is 0 Å². The van der Waals surface area contributed by atoms with Gasteiger partial charge in [-0.2, -0.15) is 5.10 Å². The Morgan fingerprint density at radius 1 is 1.33 bits per heavy atom. The predicted octanol–water partition coefficient (Wildman–Crippen LogP) is 1.42. The highest BCUT2D eigenvalue weighted by Crippen LogP contribution is 2.31. The Hall–Kier alpha value is -1.90. The van der Waals surface area contributed by atoms with Crippen LogP contribution in [0.4, 0.5) is 0 Å². The van der Waals surface area contributed by atoms with Crippen LogP contribution in [0.1, 0.15) is 50.0 Å². The van der Waals surface area contributed by atoms with Crippen LogP contribution in [0.15, 0.2) is 12.3 Å². The molecule has 1 saturated carbocycles. The Morgan fingerprint density at radius 2 is 2.00 bits per heavy atom. The summed E-state index contributed by atoms with van der Waals surface area (Å²) in [7, 11) is -3.18. The number of amides is 1. The van der Waals surface area contributed by atoms with E-state index in [9.17, 15) is 18.0 Å². The third-order valence-electron chi connectivity index (χ3n) is 4.98. The van der Waals surface area contributed by atoms with Crippen LogP contribution in [0.2, 0.25) is 0 Å². The van der Waals surface area contributed by atoms with Gasteiger partial charge in [0.25, 0.3) is 5.91 Å². The van der Waals surface area contributed by atoms with E-state index in [1.807, 2.05) is 0 Å². The van der Waals surface area contributed by atoms with Gasteiger partial charge in [0.15, 0.2) is 0 Å². The second-order valence-corrected chi connectivity index (χ2v) is 9.55. The van der Waals surface area contributed by atoms with Crippen molar-refractivity contribution in [2.24, 2.45) is 11.8 Å². The molecule has 0 unspecified atom stereocenters. The first kappa shape index (κ1) is 21.4. The second-order valence-electron chi connectivity index (χ2n) is 7.29. The lowest BCUT2D eigenvalue weighted by molar-refractivity contribution is -0.147. The number of hydrogen-bond donors (Lipinski definition) is 1. The van der Waals surface area contributed by atoms with Crippen molar-refractivity contribution in [2.75, 3.05) is 18.6 Å². The van der Waals surface area contributed by atoms with Crippen molar-refractivity contribution < 1.29 is 22.7 Å². The van der Waals surface area contributed by atoms with Crippen molar-refractivity contribution in [1.82, 2.24) is 15.1 Å². The van der Waals surface area contributed by atoms with Gasteiger partial charge in [0.1, 0.15) is 21.6 Å². The molecular formula is C18H29N3O5S. The summed E-state index contributed by atoms with van der Waals surface area (Å²) >= 11 is 0. The molecule has 8 nitrogen and oxygen atoms in total. The molecule has 0 spiro atoms. The number of sulfone groups is 1. The highest BCUT2D eigenvalue weighted by molar-refractivity contribution is 7.90. The molecule has 1 aliphatic carbocycles. The molecule has 1 heterocycles. The second kappa shape index (κ2) is 9.34. The standard InChI is InChI=1S/C18H29N3O5S/c1-4-26-18(23)16(14-7-5-13(2)6-8-14)20-17(22)15-9-10-19-21(15)11-12-27(3,24)25/h9-10,13-14,16H,4-8,11-12H2,1-3H3,(H,20,22)/t13?,14?,16-/m0/s1. The zero-order valence-electron chi connectivity index (χ0n) is 16.2. The maximum Gasteiger partial charge on any atom is 0.328 e. The number of ether oxygens (including phenoxy) is 1. The molecule has 152 valence electrons. The SMILES string of the molecule is CCOC(=O)[C@@H](NC(=O)c1ccnn1CCS(C)(=O)=O)C1CCC(C)CC1. The topological polar surface area (TPSA) is 107 Å². The summed E-state index contributed by atoms with van der Waals surface area (Å²) in [5.41, 5.74) is 0.233. The van der Waals surface area contributed by atoms with E-state index < -0.39 is 27.8 Å². The van der Waals surface area contributed by atoms with Gasteiger partial charge >= 0.3 is 5.97 Å². The van der Waals surface area contributed by atoms with E-state index in [2.05, 4.69) is 17.3 Å². The summed E-state index contributed by atoms with van der Waals surface area (Å²) in [6.45, 7) is 4.26. The van der Waals surface area contributed by atoms with Crippen LogP contribution >= 0.6 is 0 Å². The van der Waals surface area contributed by atoms with Crippen molar-refractivity contribution in [3.8, 4) is 0 Å². The molecule has 1 atom stereocenters. The quantitative estimate of drug-likeness (QED) is 0.663. The van der Waals surface area contributed by atoms with Crippen LogP contribution in [0.25, 0.3) is 0 Å². The Kier molecular flexibility index (Phi) is 7.41. The van der Waals surface area contributed by atoms with E-state index in [1.54, 1.807) is 6.92 Å². The largest absolute Gasteiger partial charge is 0.464 e. The lowest BCUT2D eigenvalue weighted by atomic mass is 9.79. The predicted molar refractivity (Wildman–Crippen MR) is 101 cm³/mol. The van der Waals surface area contributed by atoms with Crippen LogP contribution in [0.5, 0.6) is 0 Å². The summed E-state index contributed by atoms with van der Waals surface area (Å²) in [6, 6.07) is 0.811. The minimum atomic E-state index is -3.18. The summed E-state index contributed by atoms with van der Waals surface area (Å²) in [5.74, 6) is -0.323. The fraction of sp³-hybridized carbons (Fsp3) is 0.722. The molecule has 1 aliphatic rings. The summed E-state index contributed by atoms with van der Waals surface area (Å²) in [4.78, 5) is 25.2. The Balaban J connectivity index is 2.11. The first-order chi connectivity index (χ1) is 12.7. The number of carbonyl (C=O) groups is 2. The van der Waals surface area contributed by atoms with Gasteiger partial charge in [-0.15, -0.1) is 0 Å². The average Bonchev–Trinajstić information content (AvgIpc) is 3.07. The molecule has 0 bridgehead atoms. The van der Waals surface area contributed by atoms with Crippen molar-refractivity contribution in [1.29, 1.82) is 0 Å². The summed E-state index contributed by atoms with van der Waals surface area (Å²) < 4.78 is 29.3. The molecule has 27 heavy (non-hydrogen) atoms. The van der Waals surface area contributed by atoms with Crippen LogP contribution in [0.3, 0.4) is 0 Å². The lowest BCUT2D eigenvalue weighted by Crippen LogP contribution is -2.48. The van der Waals surface area contributed by atoms with Crippen LogP contribution in [-0.4, -0.2) is 54.7 Å². The van der Waals surface area contributed by atoms with E-state index in [0.717, 1.165) is 31.9 Å². The molecule has 1 amide bonds. The van der Waals surface area contributed by atoms with E-state index in [1.165, 1.54) is 16.9 Å². The van der Waals surface area contributed by atoms with Crippen molar-refractivity contribution in [2.45, 2.75) is 52.1 Å². The van der Waals surface area contributed by atoms with Crippen LogP contribution in [0, 0.1) is 11.8 Å². The van der Waals surface area contributed by atoms with Crippen LogP contribution in [-0.2, 0) is 25.9 Å². The van der Waals surface area contributed by atoms with Gasteiger partial charge in [-0.25, -0.2) is 13.2 Å². The molecule has 0 radical (unpaired) electrons. The number of aromatic nitrogens is 2. The molecular weight excluding hydrogens is 370 g/mol. The average molecular weight is 400 g/mol. The number of rotatable bonds is 8. The maximum absolute atomic E-state index is 12.7. The normalized spacial score (nSPS) is 21.4. The Labute approximate surface area is 160 Å². The summed E-state index contributed by atoms with van der Waals surface area (Å²) in [6.07, 6.45) is 6.33. The van der Waals surface area contributed by atoms with Gasteiger partial charge in [0.05, 0.1) is 18.9 Å². The Bertz CT molecular complexity index is 751.